The molecule has 1 fully saturated rings. The third-order valence-corrected chi connectivity index (χ3v) is 8.33. The Morgan fingerprint density at radius 3 is 2.52 bits per heavy atom. The van der Waals surface area contributed by atoms with Crippen molar-refractivity contribution in [3.05, 3.63) is 83.4 Å². The number of amides is 2. The Morgan fingerprint density at radius 1 is 1.10 bits per heavy atom. The number of rotatable bonds is 13. The number of nitrogens with one attached hydrogen (secondary N) is 2. The fraction of sp³-hybridized carbons (Fsp3) is 0.276. The molecule has 1 aliphatic rings. The summed E-state index contributed by atoms with van der Waals surface area (Å²) in [6.45, 7) is 0.508. The molecule has 42 heavy (non-hydrogen) atoms. The second-order valence-corrected chi connectivity index (χ2v) is 11.5. The predicted octanol–water partition coefficient (Wildman–Crippen LogP) is 3.37. The van der Waals surface area contributed by atoms with Crippen molar-refractivity contribution < 1.29 is 32.2 Å². The number of halogens is 1. The Kier molecular flexibility index (Phi) is 10.8. The second-order valence-electron chi connectivity index (χ2n) is 9.23. The Hall–Kier alpha value is -4.13. The van der Waals surface area contributed by atoms with E-state index in [-0.39, 0.29) is 34.2 Å². The van der Waals surface area contributed by atoms with E-state index in [1.165, 1.54) is 43.7 Å². The summed E-state index contributed by atoms with van der Waals surface area (Å²) in [5.41, 5.74) is 3.18. The molecule has 1 heterocycles. The Balaban J connectivity index is 1.34. The SMILES string of the molecule is COc1ccc(N(CC(=O)N/N=C\c2ccc(OCC(=O)NC[C@H]3CCCO3)cc2)S(=O)(=O)c2ccccc2)cc1Cl. The number of carbonyl (C=O) groups excluding carboxylic acids is 2. The van der Waals surface area contributed by atoms with Gasteiger partial charge in [0, 0.05) is 13.2 Å². The van der Waals surface area contributed by atoms with Crippen LogP contribution in [-0.4, -0.2) is 66.0 Å². The van der Waals surface area contributed by atoms with E-state index in [1.54, 1.807) is 42.5 Å². The van der Waals surface area contributed by atoms with Crippen molar-refractivity contribution in [1.29, 1.82) is 0 Å². The molecule has 1 aliphatic heterocycles. The fourth-order valence-electron chi connectivity index (χ4n) is 4.07. The molecule has 222 valence electrons. The number of carbonyl (C=O) groups is 2. The number of sulfonamides is 1. The topological polar surface area (TPSA) is 136 Å². The molecular weight excluding hydrogens is 584 g/mol. The second kappa shape index (κ2) is 14.7. The van der Waals surface area contributed by atoms with Crippen LogP contribution in [0.1, 0.15) is 18.4 Å². The van der Waals surface area contributed by atoms with Crippen molar-refractivity contribution in [3.63, 3.8) is 0 Å². The largest absolute Gasteiger partial charge is 0.495 e. The molecule has 3 aromatic rings. The van der Waals surface area contributed by atoms with E-state index in [4.69, 9.17) is 25.8 Å². The summed E-state index contributed by atoms with van der Waals surface area (Å²) in [5, 5.41) is 6.92. The summed E-state index contributed by atoms with van der Waals surface area (Å²) in [6.07, 6.45) is 3.40. The Labute approximate surface area is 249 Å². The third-order valence-electron chi connectivity index (χ3n) is 6.25. The number of ether oxygens (including phenoxy) is 3. The fourth-order valence-corrected chi connectivity index (χ4v) is 5.76. The molecule has 0 spiro atoms. The molecule has 0 bridgehead atoms. The lowest BCUT2D eigenvalue weighted by Crippen LogP contribution is -2.39. The van der Waals surface area contributed by atoms with Gasteiger partial charge in [-0.15, -0.1) is 0 Å². The number of methoxy groups -OCH3 is 1. The number of hydrazone groups is 1. The van der Waals surface area contributed by atoms with Crippen LogP contribution in [0.4, 0.5) is 5.69 Å². The van der Waals surface area contributed by atoms with Gasteiger partial charge in [-0.05, 0) is 73.0 Å². The van der Waals surface area contributed by atoms with Crippen molar-refractivity contribution >= 4 is 45.3 Å². The molecule has 1 atom stereocenters. The van der Waals surface area contributed by atoms with Crippen LogP contribution in [0.2, 0.25) is 5.02 Å². The normalized spacial score (nSPS) is 14.9. The molecule has 3 aromatic carbocycles. The van der Waals surface area contributed by atoms with Crippen LogP contribution in [0.5, 0.6) is 11.5 Å². The molecule has 4 rings (SSSR count). The first-order valence-electron chi connectivity index (χ1n) is 13.1. The maximum absolute atomic E-state index is 13.4. The molecule has 0 aliphatic carbocycles. The molecule has 11 nitrogen and oxygen atoms in total. The monoisotopic (exact) mass is 614 g/mol. The highest BCUT2D eigenvalue weighted by Gasteiger charge is 2.27. The van der Waals surface area contributed by atoms with E-state index in [0.29, 0.717) is 23.6 Å². The Morgan fingerprint density at radius 2 is 1.86 bits per heavy atom. The summed E-state index contributed by atoms with van der Waals surface area (Å²) in [6, 6.07) is 18.9. The maximum atomic E-state index is 13.4. The van der Waals surface area contributed by atoms with Crippen molar-refractivity contribution in [2.24, 2.45) is 5.10 Å². The summed E-state index contributed by atoms with van der Waals surface area (Å²) >= 11 is 6.24. The summed E-state index contributed by atoms with van der Waals surface area (Å²) in [4.78, 5) is 24.8. The summed E-state index contributed by atoms with van der Waals surface area (Å²) in [7, 11) is -2.67. The van der Waals surface area contributed by atoms with Crippen molar-refractivity contribution in [1.82, 2.24) is 10.7 Å². The van der Waals surface area contributed by atoms with E-state index in [2.05, 4.69) is 15.8 Å². The average Bonchev–Trinajstić information content (AvgIpc) is 3.53. The van der Waals surface area contributed by atoms with Crippen LogP contribution in [-0.2, 0) is 24.3 Å². The number of anilines is 1. The van der Waals surface area contributed by atoms with Crippen LogP contribution in [0.3, 0.4) is 0 Å². The van der Waals surface area contributed by atoms with Crippen LogP contribution >= 0.6 is 11.6 Å². The van der Waals surface area contributed by atoms with E-state index >= 15 is 0 Å². The maximum Gasteiger partial charge on any atom is 0.264 e. The zero-order valence-corrected chi connectivity index (χ0v) is 24.4. The standard InChI is InChI=1S/C29H31ClN4O7S/c1-39-27-14-11-22(16-26(27)30)34(42(37,38)25-7-3-2-4-8-25)19-28(35)33-32-17-21-9-12-23(13-10-21)41-20-29(36)31-18-24-6-5-15-40-24/h2-4,7-14,16-17,24H,5-6,15,18-20H2,1H3,(H,31,36)(H,33,35)/b32-17-/t24-/m1/s1. The van der Waals surface area contributed by atoms with Crippen molar-refractivity contribution in [3.8, 4) is 11.5 Å². The first-order valence-corrected chi connectivity index (χ1v) is 14.9. The molecule has 0 aromatic heterocycles. The number of benzene rings is 3. The van der Waals surface area contributed by atoms with Gasteiger partial charge in [0.15, 0.2) is 6.61 Å². The van der Waals surface area contributed by atoms with Gasteiger partial charge in [0.2, 0.25) is 0 Å². The summed E-state index contributed by atoms with van der Waals surface area (Å²) in [5.74, 6) is -0.0604. The highest BCUT2D eigenvalue weighted by molar-refractivity contribution is 7.92. The van der Waals surface area contributed by atoms with Gasteiger partial charge in [-0.2, -0.15) is 5.10 Å². The van der Waals surface area contributed by atoms with Gasteiger partial charge in [0.05, 0.1) is 35.0 Å². The van der Waals surface area contributed by atoms with Gasteiger partial charge in [-0.1, -0.05) is 29.8 Å². The van der Waals surface area contributed by atoms with Crippen molar-refractivity contribution in [2.45, 2.75) is 23.8 Å². The minimum absolute atomic E-state index is 0.0101. The molecule has 0 radical (unpaired) electrons. The molecule has 0 saturated carbocycles. The summed E-state index contributed by atoms with van der Waals surface area (Å²) < 4.78 is 44.0. The first kappa shape index (κ1) is 30.8. The van der Waals surface area contributed by atoms with Crippen LogP contribution in [0.15, 0.2) is 82.8 Å². The highest BCUT2D eigenvalue weighted by Crippen LogP contribution is 2.31. The zero-order valence-electron chi connectivity index (χ0n) is 22.9. The minimum atomic E-state index is -4.11. The highest BCUT2D eigenvalue weighted by atomic mass is 35.5. The third kappa shape index (κ3) is 8.44. The van der Waals surface area contributed by atoms with Crippen molar-refractivity contribution in [2.75, 3.05) is 37.7 Å². The molecule has 13 heteroatoms. The van der Waals surface area contributed by atoms with E-state index in [0.717, 1.165) is 23.8 Å². The number of hydrogen-bond donors (Lipinski definition) is 2. The van der Waals surface area contributed by atoms with E-state index in [9.17, 15) is 18.0 Å². The number of nitrogens with zero attached hydrogens (tertiary/aromatic N) is 2. The molecule has 1 saturated heterocycles. The van der Waals surface area contributed by atoms with Gasteiger partial charge in [-0.25, -0.2) is 13.8 Å². The first-order chi connectivity index (χ1) is 20.3. The lowest BCUT2D eigenvalue weighted by molar-refractivity contribution is -0.123. The lowest BCUT2D eigenvalue weighted by Gasteiger charge is -2.24. The van der Waals surface area contributed by atoms with E-state index in [1.807, 2.05) is 0 Å². The van der Waals surface area contributed by atoms with E-state index < -0.39 is 22.5 Å². The van der Waals surface area contributed by atoms with Crippen LogP contribution < -0.4 is 24.5 Å². The smallest absolute Gasteiger partial charge is 0.264 e. The van der Waals surface area contributed by atoms with Gasteiger partial charge >= 0.3 is 0 Å². The molecule has 2 amide bonds. The number of hydrogen-bond acceptors (Lipinski definition) is 8. The molecule has 2 N–H and O–H groups in total. The quantitative estimate of drug-likeness (QED) is 0.223. The van der Waals surface area contributed by atoms with Crippen LogP contribution in [0, 0.1) is 0 Å². The van der Waals surface area contributed by atoms with Gasteiger partial charge in [-0.3, -0.25) is 13.9 Å². The van der Waals surface area contributed by atoms with Gasteiger partial charge < -0.3 is 19.5 Å². The van der Waals surface area contributed by atoms with Gasteiger partial charge in [0.1, 0.15) is 18.0 Å². The average molecular weight is 615 g/mol. The lowest BCUT2D eigenvalue weighted by atomic mass is 10.2. The molecular formula is C29H31ClN4O7S. The van der Waals surface area contributed by atoms with Gasteiger partial charge in [0.25, 0.3) is 21.8 Å². The van der Waals surface area contributed by atoms with Crippen LogP contribution in [0.25, 0.3) is 0 Å². The Bertz CT molecular complexity index is 1500. The minimum Gasteiger partial charge on any atom is -0.495 e. The zero-order chi connectivity index (χ0) is 30.0. The predicted molar refractivity (Wildman–Crippen MR) is 159 cm³/mol. The molecule has 0 unspecified atom stereocenters.